The smallest absolute Gasteiger partial charge is 0.221 e. The molecule has 2 aromatic rings. The number of carbonyl (C=O) groups is 1. The van der Waals surface area contributed by atoms with Crippen LogP contribution in [0, 0.1) is 6.92 Å². The highest BCUT2D eigenvalue weighted by Crippen LogP contribution is 2.43. The molecule has 1 amide bonds. The van der Waals surface area contributed by atoms with Gasteiger partial charge in [-0.3, -0.25) is 14.7 Å². The van der Waals surface area contributed by atoms with Crippen LogP contribution in [0.3, 0.4) is 0 Å². The molecule has 0 saturated carbocycles. The highest BCUT2D eigenvalue weighted by atomic mass is 32.1. The van der Waals surface area contributed by atoms with E-state index in [2.05, 4.69) is 31.6 Å². The molecule has 6 heteroatoms. The molecule has 0 bridgehead atoms. The number of carbonyl (C=O) groups excluding carboxylic acids is 1. The molecule has 0 aromatic carbocycles. The average Bonchev–Trinajstić information content (AvgIpc) is 3.14. The zero-order valence-electron chi connectivity index (χ0n) is 13.9. The van der Waals surface area contributed by atoms with E-state index in [9.17, 15) is 4.79 Å². The second-order valence-electron chi connectivity index (χ2n) is 6.88. The lowest BCUT2D eigenvalue weighted by molar-refractivity contribution is -0.120. The number of hydrogen-bond donors (Lipinski definition) is 1. The zero-order chi connectivity index (χ0) is 16.6. The highest BCUT2D eigenvalue weighted by molar-refractivity contribution is 7.09. The molecule has 126 valence electrons. The molecule has 2 aromatic heterocycles. The van der Waals surface area contributed by atoms with Crippen molar-refractivity contribution in [3.8, 4) is 0 Å². The molecule has 1 atom stereocenters. The van der Waals surface area contributed by atoms with Gasteiger partial charge in [-0.2, -0.15) is 0 Å². The number of aryl methyl sites for hydroxylation is 1. The number of piperidine rings is 1. The minimum Gasteiger partial charge on any atom is -0.350 e. The molecule has 4 heterocycles. The van der Waals surface area contributed by atoms with Gasteiger partial charge in [0.15, 0.2) is 0 Å². The van der Waals surface area contributed by atoms with Gasteiger partial charge in [0.05, 0.1) is 10.7 Å². The third-order valence-corrected chi connectivity index (χ3v) is 6.15. The number of amides is 1. The van der Waals surface area contributed by atoms with Crippen LogP contribution in [0.4, 0.5) is 0 Å². The van der Waals surface area contributed by atoms with Gasteiger partial charge in [-0.1, -0.05) is 6.07 Å². The van der Waals surface area contributed by atoms with E-state index in [1.165, 1.54) is 5.56 Å². The van der Waals surface area contributed by atoms with Gasteiger partial charge < -0.3 is 5.32 Å². The average molecular weight is 342 g/mol. The lowest BCUT2D eigenvalue weighted by Crippen LogP contribution is -2.53. The van der Waals surface area contributed by atoms with Crippen LogP contribution in [-0.2, 0) is 11.3 Å². The van der Waals surface area contributed by atoms with Crippen molar-refractivity contribution in [2.24, 2.45) is 0 Å². The summed E-state index contributed by atoms with van der Waals surface area (Å²) in [6, 6.07) is 4.07. The Morgan fingerprint density at radius 3 is 2.92 bits per heavy atom. The highest BCUT2D eigenvalue weighted by Gasteiger charge is 2.48. The summed E-state index contributed by atoms with van der Waals surface area (Å²) in [5, 5.41) is 6.57. The molecular weight excluding hydrogens is 320 g/mol. The summed E-state index contributed by atoms with van der Waals surface area (Å²) in [4.78, 5) is 23.4. The van der Waals surface area contributed by atoms with E-state index in [-0.39, 0.29) is 17.4 Å². The Morgan fingerprint density at radius 1 is 1.42 bits per heavy atom. The Morgan fingerprint density at radius 2 is 2.25 bits per heavy atom. The van der Waals surface area contributed by atoms with Gasteiger partial charge in [0.2, 0.25) is 5.91 Å². The molecule has 5 nitrogen and oxygen atoms in total. The Kier molecular flexibility index (Phi) is 4.10. The molecule has 2 aliphatic heterocycles. The first-order chi connectivity index (χ1) is 11.6. The zero-order valence-corrected chi connectivity index (χ0v) is 14.7. The summed E-state index contributed by atoms with van der Waals surface area (Å²) >= 11 is 1.71. The predicted octanol–water partition coefficient (Wildman–Crippen LogP) is 2.48. The Hall–Kier alpha value is -1.79. The van der Waals surface area contributed by atoms with Crippen molar-refractivity contribution >= 4 is 17.2 Å². The first-order valence-electron chi connectivity index (χ1n) is 8.49. The fourth-order valence-corrected chi connectivity index (χ4v) is 4.71. The first-order valence-corrected chi connectivity index (χ1v) is 9.37. The van der Waals surface area contributed by atoms with Gasteiger partial charge in [0.1, 0.15) is 0 Å². The number of nitrogens with zero attached hydrogens (tertiary/aromatic N) is 3. The van der Waals surface area contributed by atoms with Crippen LogP contribution in [0.1, 0.15) is 41.4 Å². The van der Waals surface area contributed by atoms with Crippen molar-refractivity contribution in [3.05, 3.63) is 46.2 Å². The van der Waals surface area contributed by atoms with E-state index in [4.69, 9.17) is 0 Å². The predicted molar refractivity (Wildman–Crippen MR) is 93.8 cm³/mol. The van der Waals surface area contributed by atoms with E-state index >= 15 is 0 Å². The van der Waals surface area contributed by atoms with Crippen molar-refractivity contribution in [3.63, 3.8) is 0 Å². The maximum atomic E-state index is 12.1. The van der Waals surface area contributed by atoms with E-state index in [0.29, 0.717) is 6.42 Å². The molecule has 2 fully saturated rings. The van der Waals surface area contributed by atoms with Crippen LogP contribution in [0.25, 0.3) is 0 Å². The van der Waals surface area contributed by atoms with Gasteiger partial charge in [-0.05, 0) is 31.4 Å². The molecular formula is C18H22N4OS. The third kappa shape index (κ3) is 2.96. The van der Waals surface area contributed by atoms with Crippen LogP contribution in [0.15, 0.2) is 29.9 Å². The number of aromatic nitrogens is 2. The van der Waals surface area contributed by atoms with Crippen molar-refractivity contribution in [2.75, 3.05) is 13.1 Å². The van der Waals surface area contributed by atoms with Crippen LogP contribution < -0.4 is 5.32 Å². The molecule has 2 saturated heterocycles. The van der Waals surface area contributed by atoms with Gasteiger partial charge in [0.25, 0.3) is 0 Å². The van der Waals surface area contributed by atoms with Crippen molar-refractivity contribution < 1.29 is 4.79 Å². The molecule has 1 N–H and O–H groups in total. The number of hydrogen-bond acceptors (Lipinski definition) is 5. The molecule has 24 heavy (non-hydrogen) atoms. The van der Waals surface area contributed by atoms with Crippen LogP contribution >= 0.6 is 11.3 Å². The molecule has 0 radical (unpaired) electrons. The number of rotatable bonds is 3. The molecule has 1 unspecified atom stereocenters. The summed E-state index contributed by atoms with van der Waals surface area (Å²) in [7, 11) is 0. The quantitative estimate of drug-likeness (QED) is 0.931. The summed E-state index contributed by atoms with van der Waals surface area (Å²) in [6.45, 7) is 4.94. The SMILES string of the molecule is Cc1nc(CN2CCC3(CC2)NC(=O)CC3c2cccnc2)cs1. The van der Waals surface area contributed by atoms with Gasteiger partial charge in [-0.25, -0.2) is 4.98 Å². The Balaban J connectivity index is 1.47. The topological polar surface area (TPSA) is 58.1 Å². The second kappa shape index (κ2) is 6.26. The maximum Gasteiger partial charge on any atom is 0.221 e. The van der Waals surface area contributed by atoms with E-state index in [0.717, 1.165) is 43.2 Å². The minimum absolute atomic E-state index is 0.103. The van der Waals surface area contributed by atoms with Crippen molar-refractivity contribution in [1.82, 2.24) is 20.2 Å². The molecule has 0 aliphatic carbocycles. The summed E-state index contributed by atoms with van der Waals surface area (Å²) in [5.41, 5.74) is 2.24. The Bertz CT molecular complexity index is 722. The molecule has 4 rings (SSSR count). The number of nitrogens with one attached hydrogen (secondary N) is 1. The normalized spacial score (nSPS) is 23.5. The van der Waals surface area contributed by atoms with Crippen molar-refractivity contribution in [1.29, 1.82) is 0 Å². The van der Waals surface area contributed by atoms with Gasteiger partial charge in [0, 0.05) is 55.3 Å². The lowest BCUT2D eigenvalue weighted by atomic mass is 9.75. The lowest BCUT2D eigenvalue weighted by Gasteiger charge is -2.42. The fraction of sp³-hybridized carbons (Fsp3) is 0.500. The van der Waals surface area contributed by atoms with E-state index in [1.54, 1.807) is 17.5 Å². The number of likely N-dealkylation sites (tertiary alicyclic amines) is 1. The number of thiazole rings is 1. The fourth-order valence-electron chi connectivity index (χ4n) is 4.11. The standard InChI is InChI=1S/C18H22N4OS/c1-13-20-15(12-24-13)11-22-7-4-18(5-8-22)16(9-17(23)21-18)14-3-2-6-19-10-14/h2-3,6,10,12,16H,4-5,7-9,11H2,1H3,(H,21,23). The van der Waals surface area contributed by atoms with Crippen LogP contribution in [-0.4, -0.2) is 39.4 Å². The van der Waals surface area contributed by atoms with Gasteiger partial charge in [-0.15, -0.1) is 11.3 Å². The second-order valence-corrected chi connectivity index (χ2v) is 7.94. The summed E-state index contributed by atoms with van der Waals surface area (Å²) in [6.07, 6.45) is 6.26. The molecule has 1 spiro atoms. The van der Waals surface area contributed by atoms with E-state index < -0.39 is 0 Å². The number of pyridine rings is 1. The largest absolute Gasteiger partial charge is 0.350 e. The van der Waals surface area contributed by atoms with Crippen LogP contribution in [0.2, 0.25) is 0 Å². The maximum absolute atomic E-state index is 12.1. The summed E-state index contributed by atoms with van der Waals surface area (Å²) < 4.78 is 0. The Labute approximate surface area is 146 Å². The van der Waals surface area contributed by atoms with Gasteiger partial charge >= 0.3 is 0 Å². The van der Waals surface area contributed by atoms with Crippen molar-refractivity contribution in [2.45, 2.75) is 44.2 Å². The molecule has 2 aliphatic rings. The third-order valence-electron chi connectivity index (χ3n) is 5.33. The summed E-state index contributed by atoms with van der Waals surface area (Å²) in [5.74, 6) is 0.412. The monoisotopic (exact) mass is 342 g/mol. The minimum atomic E-state index is -0.103. The van der Waals surface area contributed by atoms with Crippen LogP contribution in [0.5, 0.6) is 0 Å². The van der Waals surface area contributed by atoms with E-state index in [1.807, 2.05) is 19.2 Å². The first kappa shape index (κ1) is 15.7.